The van der Waals surface area contributed by atoms with Gasteiger partial charge in [-0.3, -0.25) is 4.90 Å². The van der Waals surface area contributed by atoms with E-state index < -0.39 is 0 Å². The molecule has 3 heteroatoms. The lowest BCUT2D eigenvalue weighted by Crippen LogP contribution is -2.46. The molecule has 1 saturated heterocycles. The second kappa shape index (κ2) is 10.7. The Morgan fingerprint density at radius 2 is 1.44 bits per heavy atom. The van der Waals surface area contributed by atoms with Crippen LogP contribution in [-0.4, -0.2) is 37.6 Å². The third kappa shape index (κ3) is 5.92. The van der Waals surface area contributed by atoms with E-state index in [4.69, 9.17) is 4.74 Å². The molecule has 3 nitrogen and oxygen atoms in total. The highest BCUT2D eigenvalue weighted by Gasteiger charge is 2.20. The predicted octanol–water partition coefficient (Wildman–Crippen LogP) is 6.45. The Morgan fingerprint density at radius 3 is 2.09 bits per heavy atom. The minimum atomic E-state index is 0.0603. The molecule has 4 rings (SSSR count). The highest BCUT2D eigenvalue weighted by Crippen LogP contribution is 2.29. The topological polar surface area (TPSA) is 15.7 Å². The van der Waals surface area contributed by atoms with Crippen molar-refractivity contribution >= 4 is 5.69 Å². The van der Waals surface area contributed by atoms with E-state index in [1.54, 1.807) is 0 Å². The summed E-state index contributed by atoms with van der Waals surface area (Å²) in [5.74, 6) is 1.48. The summed E-state index contributed by atoms with van der Waals surface area (Å²) < 4.78 is 6.62. The Morgan fingerprint density at radius 1 is 0.781 bits per heavy atom. The SMILES string of the molecule is Cc1cc(O[C@H](CCN2CCN(c3ccccc3)CC2)c2ccccc2)cc(C(C)C)c1. The summed E-state index contributed by atoms with van der Waals surface area (Å²) >= 11 is 0. The molecule has 1 aliphatic heterocycles. The smallest absolute Gasteiger partial charge is 0.125 e. The Bertz CT molecular complexity index is 963. The first-order chi connectivity index (χ1) is 15.6. The Labute approximate surface area is 193 Å². The van der Waals surface area contributed by atoms with Crippen LogP contribution in [0.5, 0.6) is 5.75 Å². The normalized spacial score (nSPS) is 15.7. The fourth-order valence-electron chi connectivity index (χ4n) is 4.47. The molecule has 0 saturated carbocycles. The average molecular weight is 429 g/mol. The molecule has 1 aliphatic rings. The molecule has 32 heavy (non-hydrogen) atoms. The van der Waals surface area contributed by atoms with Crippen molar-refractivity contribution in [2.24, 2.45) is 0 Å². The molecule has 0 N–H and O–H groups in total. The molecule has 0 aromatic heterocycles. The minimum Gasteiger partial charge on any atom is -0.486 e. The number of hydrogen-bond donors (Lipinski definition) is 0. The molecule has 0 aliphatic carbocycles. The second-order valence-corrected chi connectivity index (χ2v) is 9.20. The van der Waals surface area contributed by atoms with Gasteiger partial charge in [0.15, 0.2) is 0 Å². The quantitative estimate of drug-likeness (QED) is 0.410. The Balaban J connectivity index is 1.40. The molecular weight excluding hydrogens is 392 g/mol. The number of aryl methyl sites for hydroxylation is 1. The summed E-state index contributed by atoms with van der Waals surface area (Å²) in [4.78, 5) is 5.07. The van der Waals surface area contributed by atoms with Gasteiger partial charge < -0.3 is 9.64 Å². The first-order valence-corrected chi connectivity index (χ1v) is 11.9. The molecule has 0 amide bonds. The van der Waals surface area contributed by atoms with Crippen LogP contribution in [-0.2, 0) is 0 Å². The predicted molar refractivity (Wildman–Crippen MR) is 135 cm³/mol. The number of hydrogen-bond acceptors (Lipinski definition) is 3. The molecule has 0 bridgehead atoms. The van der Waals surface area contributed by atoms with Crippen LogP contribution in [0.15, 0.2) is 78.9 Å². The van der Waals surface area contributed by atoms with Crippen molar-refractivity contribution in [1.29, 1.82) is 0 Å². The van der Waals surface area contributed by atoms with E-state index in [0.29, 0.717) is 5.92 Å². The van der Waals surface area contributed by atoms with Gasteiger partial charge in [-0.05, 0) is 53.8 Å². The van der Waals surface area contributed by atoms with Gasteiger partial charge in [0, 0.05) is 44.8 Å². The monoisotopic (exact) mass is 428 g/mol. The largest absolute Gasteiger partial charge is 0.486 e. The van der Waals surface area contributed by atoms with E-state index in [9.17, 15) is 0 Å². The van der Waals surface area contributed by atoms with Crippen LogP contribution in [0.3, 0.4) is 0 Å². The van der Waals surface area contributed by atoms with Crippen LogP contribution in [0.4, 0.5) is 5.69 Å². The van der Waals surface area contributed by atoms with Gasteiger partial charge in [0.2, 0.25) is 0 Å². The van der Waals surface area contributed by atoms with Crippen LogP contribution in [0, 0.1) is 6.92 Å². The number of nitrogens with zero attached hydrogens (tertiary/aromatic N) is 2. The molecule has 0 radical (unpaired) electrons. The maximum Gasteiger partial charge on any atom is 0.125 e. The van der Waals surface area contributed by atoms with Crippen molar-refractivity contribution in [3.63, 3.8) is 0 Å². The summed E-state index contributed by atoms with van der Waals surface area (Å²) in [6.07, 6.45) is 1.05. The summed E-state index contributed by atoms with van der Waals surface area (Å²) in [5, 5.41) is 0. The fourth-order valence-corrected chi connectivity index (χ4v) is 4.47. The van der Waals surface area contributed by atoms with Gasteiger partial charge in [-0.2, -0.15) is 0 Å². The van der Waals surface area contributed by atoms with Gasteiger partial charge in [-0.25, -0.2) is 0 Å². The first kappa shape index (κ1) is 22.4. The minimum absolute atomic E-state index is 0.0603. The van der Waals surface area contributed by atoms with E-state index in [-0.39, 0.29) is 6.10 Å². The number of rotatable bonds is 8. The molecule has 1 fully saturated rings. The lowest BCUT2D eigenvalue weighted by Gasteiger charge is -2.36. The van der Waals surface area contributed by atoms with Gasteiger partial charge in [0.25, 0.3) is 0 Å². The summed E-state index contributed by atoms with van der Waals surface area (Å²) in [6, 6.07) is 28.1. The molecule has 168 valence electrons. The van der Waals surface area contributed by atoms with Crippen molar-refractivity contribution < 1.29 is 4.74 Å². The van der Waals surface area contributed by atoms with E-state index in [2.05, 4.69) is 109 Å². The highest BCUT2D eigenvalue weighted by molar-refractivity contribution is 5.46. The zero-order valence-electron chi connectivity index (χ0n) is 19.7. The molecular formula is C29H36N2O. The third-order valence-corrected chi connectivity index (χ3v) is 6.39. The molecule has 0 spiro atoms. The summed E-state index contributed by atoms with van der Waals surface area (Å²) in [7, 11) is 0. The van der Waals surface area contributed by atoms with Gasteiger partial charge >= 0.3 is 0 Å². The van der Waals surface area contributed by atoms with Crippen molar-refractivity contribution in [3.8, 4) is 5.75 Å². The van der Waals surface area contributed by atoms with Gasteiger partial charge in [-0.15, -0.1) is 0 Å². The lowest BCUT2D eigenvalue weighted by atomic mass is 10.0. The van der Waals surface area contributed by atoms with Crippen LogP contribution < -0.4 is 9.64 Å². The van der Waals surface area contributed by atoms with E-state index in [1.165, 1.54) is 22.4 Å². The zero-order chi connectivity index (χ0) is 22.3. The molecule has 1 heterocycles. The first-order valence-electron chi connectivity index (χ1n) is 11.9. The number of anilines is 1. The third-order valence-electron chi connectivity index (χ3n) is 6.39. The molecule has 3 aromatic carbocycles. The number of ether oxygens (including phenoxy) is 1. The van der Waals surface area contributed by atoms with Crippen LogP contribution in [0.2, 0.25) is 0 Å². The van der Waals surface area contributed by atoms with Gasteiger partial charge in [-0.1, -0.05) is 68.4 Å². The van der Waals surface area contributed by atoms with Crippen molar-refractivity contribution in [1.82, 2.24) is 4.90 Å². The van der Waals surface area contributed by atoms with Crippen molar-refractivity contribution in [2.75, 3.05) is 37.6 Å². The van der Waals surface area contributed by atoms with E-state index >= 15 is 0 Å². The summed E-state index contributed by atoms with van der Waals surface area (Å²) in [6.45, 7) is 12.0. The van der Waals surface area contributed by atoms with Crippen LogP contribution in [0.25, 0.3) is 0 Å². The number of piperazine rings is 1. The lowest BCUT2D eigenvalue weighted by molar-refractivity contribution is 0.160. The van der Waals surface area contributed by atoms with Crippen LogP contribution >= 0.6 is 0 Å². The molecule has 1 atom stereocenters. The number of para-hydroxylation sites is 1. The van der Waals surface area contributed by atoms with E-state index in [1.807, 2.05) is 0 Å². The average Bonchev–Trinajstić information content (AvgIpc) is 2.83. The highest BCUT2D eigenvalue weighted by atomic mass is 16.5. The van der Waals surface area contributed by atoms with Gasteiger partial charge in [0.1, 0.15) is 11.9 Å². The zero-order valence-corrected chi connectivity index (χ0v) is 19.7. The second-order valence-electron chi connectivity index (χ2n) is 9.20. The number of benzene rings is 3. The van der Waals surface area contributed by atoms with E-state index in [0.717, 1.165) is 44.9 Å². The molecule has 3 aromatic rings. The maximum absolute atomic E-state index is 6.62. The van der Waals surface area contributed by atoms with Crippen molar-refractivity contribution in [2.45, 2.75) is 39.2 Å². The Hall–Kier alpha value is -2.78. The Kier molecular flexibility index (Phi) is 7.49. The van der Waals surface area contributed by atoms with Crippen molar-refractivity contribution in [3.05, 3.63) is 95.6 Å². The standard InChI is InChI=1S/C29H36N2O/c1-23(2)26-20-24(3)21-28(22-26)32-29(25-10-6-4-7-11-25)14-15-30-16-18-31(19-17-30)27-12-8-5-9-13-27/h4-13,20-23,29H,14-19H2,1-3H3/t29-/m1/s1. The summed E-state index contributed by atoms with van der Waals surface area (Å²) in [5.41, 5.74) is 5.18. The molecule has 0 unspecified atom stereocenters. The maximum atomic E-state index is 6.62. The fraction of sp³-hybridized carbons (Fsp3) is 0.379. The van der Waals surface area contributed by atoms with Crippen LogP contribution in [0.1, 0.15) is 49.0 Å². The van der Waals surface area contributed by atoms with Gasteiger partial charge in [0.05, 0.1) is 0 Å².